The summed E-state index contributed by atoms with van der Waals surface area (Å²) in [7, 11) is 0. The molecule has 166 valence electrons. The number of benzene rings is 2. The second-order valence-corrected chi connectivity index (χ2v) is 7.87. The van der Waals surface area contributed by atoms with Gasteiger partial charge < -0.3 is 16.0 Å². The monoisotopic (exact) mass is 437 g/mol. The van der Waals surface area contributed by atoms with Gasteiger partial charge in [-0.05, 0) is 36.2 Å². The minimum absolute atomic E-state index is 0.0305. The van der Waals surface area contributed by atoms with Crippen LogP contribution in [-0.2, 0) is 14.4 Å². The van der Waals surface area contributed by atoms with Crippen LogP contribution in [0.5, 0.6) is 0 Å². The zero-order chi connectivity index (χ0) is 22.7. The second-order valence-electron chi connectivity index (χ2n) is 7.87. The summed E-state index contributed by atoms with van der Waals surface area (Å²) in [5.41, 5.74) is 7.00. The molecule has 3 amide bonds. The number of nitrogens with zero attached hydrogens (tertiary/aromatic N) is 3. The van der Waals surface area contributed by atoms with Gasteiger partial charge in [-0.2, -0.15) is 5.10 Å². The highest BCUT2D eigenvalue weighted by Crippen LogP contribution is 2.26. The number of halogens is 1. The highest BCUT2D eigenvalue weighted by atomic mass is 19.1. The van der Waals surface area contributed by atoms with E-state index in [1.54, 1.807) is 4.90 Å². The number of nitrogens with one attached hydrogen (secondary N) is 1. The van der Waals surface area contributed by atoms with Crippen molar-refractivity contribution in [1.82, 2.24) is 10.2 Å². The third kappa shape index (κ3) is 4.61. The number of hydrazone groups is 1. The molecule has 2 heterocycles. The number of likely N-dealkylation sites (tertiary alicyclic amines) is 1. The van der Waals surface area contributed by atoms with Gasteiger partial charge in [0.15, 0.2) is 0 Å². The Morgan fingerprint density at radius 2 is 1.88 bits per heavy atom. The minimum atomic E-state index is -0.850. The van der Waals surface area contributed by atoms with E-state index in [9.17, 15) is 18.8 Å². The molecule has 0 saturated carbocycles. The van der Waals surface area contributed by atoms with E-state index < -0.39 is 29.7 Å². The van der Waals surface area contributed by atoms with Gasteiger partial charge in [0.25, 0.3) is 5.91 Å². The molecule has 2 aromatic carbocycles. The lowest BCUT2D eigenvalue weighted by Gasteiger charge is -2.25. The topological polar surface area (TPSA) is 108 Å². The van der Waals surface area contributed by atoms with Crippen LogP contribution in [0.1, 0.15) is 30.9 Å². The number of anilines is 1. The molecule has 3 N–H and O–H groups in total. The van der Waals surface area contributed by atoms with Crippen molar-refractivity contribution in [3.05, 3.63) is 66.0 Å². The lowest BCUT2D eigenvalue weighted by molar-refractivity contribution is -0.128. The molecule has 0 aromatic heterocycles. The van der Waals surface area contributed by atoms with Crippen LogP contribution in [0.15, 0.2) is 59.7 Å². The van der Waals surface area contributed by atoms with Gasteiger partial charge in [0.05, 0.1) is 11.7 Å². The summed E-state index contributed by atoms with van der Waals surface area (Å²) in [5.74, 6) is -1.44. The maximum atomic E-state index is 13.3. The van der Waals surface area contributed by atoms with Crippen molar-refractivity contribution in [3.63, 3.8) is 0 Å². The Balaban J connectivity index is 1.55. The third-order valence-electron chi connectivity index (χ3n) is 5.67. The van der Waals surface area contributed by atoms with Crippen molar-refractivity contribution >= 4 is 29.1 Å². The maximum absolute atomic E-state index is 13.3. The molecule has 1 saturated heterocycles. The number of primary amides is 1. The van der Waals surface area contributed by atoms with Crippen LogP contribution in [0, 0.1) is 5.82 Å². The van der Waals surface area contributed by atoms with Crippen LogP contribution in [0.2, 0.25) is 0 Å². The Morgan fingerprint density at radius 1 is 1.16 bits per heavy atom. The molecule has 2 atom stereocenters. The van der Waals surface area contributed by atoms with Crippen LogP contribution in [-0.4, -0.2) is 47.5 Å². The van der Waals surface area contributed by atoms with E-state index in [4.69, 9.17) is 5.73 Å². The molecule has 8 nitrogen and oxygen atoms in total. The zero-order valence-corrected chi connectivity index (χ0v) is 17.4. The van der Waals surface area contributed by atoms with Crippen molar-refractivity contribution in [2.45, 2.75) is 31.3 Å². The largest absolute Gasteiger partial charge is 0.368 e. The van der Waals surface area contributed by atoms with Crippen LogP contribution < -0.4 is 16.1 Å². The summed E-state index contributed by atoms with van der Waals surface area (Å²) in [5, 5.41) is 8.62. The van der Waals surface area contributed by atoms with Crippen LogP contribution in [0.3, 0.4) is 0 Å². The second kappa shape index (κ2) is 9.17. The Labute approximate surface area is 184 Å². The van der Waals surface area contributed by atoms with Gasteiger partial charge in [0.1, 0.15) is 17.6 Å². The molecule has 1 fully saturated rings. The molecule has 2 aliphatic heterocycles. The highest BCUT2D eigenvalue weighted by molar-refractivity contribution is 6.40. The fourth-order valence-electron chi connectivity index (χ4n) is 3.98. The predicted molar refractivity (Wildman–Crippen MR) is 117 cm³/mol. The lowest BCUT2D eigenvalue weighted by atomic mass is 10.0. The summed E-state index contributed by atoms with van der Waals surface area (Å²) < 4.78 is 13.3. The van der Waals surface area contributed by atoms with Gasteiger partial charge in [0.2, 0.25) is 11.8 Å². The zero-order valence-electron chi connectivity index (χ0n) is 17.4. The minimum Gasteiger partial charge on any atom is -0.368 e. The number of amides is 3. The SMILES string of the molecule is NC(=O)C1CC(C(=O)NC(CN2CCCC2=O)c2ccccc2)=NN1c1ccc(F)cc1. The van der Waals surface area contributed by atoms with E-state index >= 15 is 0 Å². The summed E-state index contributed by atoms with van der Waals surface area (Å²) in [6, 6.07) is 13.6. The molecule has 2 unspecified atom stereocenters. The number of hydrogen-bond acceptors (Lipinski definition) is 5. The summed E-state index contributed by atoms with van der Waals surface area (Å²) in [6.45, 7) is 1.00. The first-order valence-electron chi connectivity index (χ1n) is 10.5. The number of carbonyl (C=O) groups excluding carboxylic acids is 3. The Morgan fingerprint density at radius 3 is 2.50 bits per heavy atom. The third-order valence-corrected chi connectivity index (χ3v) is 5.67. The average molecular weight is 437 g/mol. The first kappa shape index (κ1) is 21.5. The maximum Gasteiger partial charge on any atom is 0.268 e. The molecular formula is C23H24FN5O3. The van der Waals surface area contributed by atoms with Gasteiger partial charge in [-0.3, -0.25) is 19.4 Å². The van der Waals surface area contributed by atoms with Crippen molar-refractivity contribution in [2.75, 3.05) is 18.1 Å². The molecule has 0 aliphatic carbocycles. The fourth-order valence-corrected chi connectivity index (χ4v) is 3.98. The number of carbonyl (C=O) groups is 3. The summed E-state index contributed by atoms with van der Waals surface area (Å²) in [4.78, 5) is 39.0. The molecule has 0 bridgehead atoms. The Hall–Kier alpha value is -3.75. The summed E-state index contributed by atoms with van der Waals surface area (Å²) in [6.07, 6.45) is 1.34. The molecule has 32 heavy (non-hydrogen) atoms. The van der Waals surface area contributed by atoms with Crippen LogP contribution >= 0.6 is 0 Å². The van der Waals surface area contributed by atoms with Crippen molar-refractivity contribution in [1.29, 1.82) is 0 Å². The molecular weight excluding hydrogens is 413 g/mol. The quantitative estimate of drug-likeness (QED) is 0.688. The first-order valence-corrected chi connectivity index (χ1v) is 10.5. The van der Waals surface area contributed by atoms with Crippen molar-refractivity contribution < 1.29 is 18.8 Å². The van der Waals surface area contributed by atoms with E-state index in [1.807, 2.05) is 30.3 Å². The lowest BCUT2D eigenvalue weighted by Crippen LogP contribution is -2.42. The molecule has 0 radical (unpaired) electrons. The number of nitrogens with two attached hydrogens (primary N) is 1. The van der Waals surface area contributed by atoms with E-state index in [0.717, 1.165) is 12.0 Å². The van der Waals surface area contributed by atoms with E-state index in [1.165, 1.54) is 29.3 Å². The smallest absolute Gasteiger partial charge is 0.268 e. The first-order chi connectivity index (χ1) is 15.4. The predicted octanol–water partition coefficient (Wildman–Crippen LogP) is 1.73. The van der Waals surface area contributed by atoms with E-state index in [-0.39, 0.29) is 18.0 Å². The van der Waals surface area contributed by atoms with Gasteiger partial charge in [-0.15, -0.1) is 0 Å². The average Bonchev–Trinajstić information content (AvgIpc) is 3.41. The summed E-state index contributed by atoms with van der Waals surface area (Å²) >= 11 is 0. The van der Waals surface area contributed by atoms with E-state index in [0.29, 0.717) is 25.2 Å². The molecule has 9 heteroatoms. The molecule has 0 spiro atoms. The van der Waals surface area contributed by atoms with Gasteiger partial charge in [0, 0.05) is 25.9 Å². The van der Waals surface area contributed by atoms with Gasteiger partial charge in [-0.1, -0.05) is 30.3 Å². The van der Waals surface area contributed by atoms with E-state index in [2.05, 4.69) is 10.4 Å². The standard InChI is InChI=1S/C23H24FN5O3/c24-16-8-10-17(11-9-16)29-20(22(25)31)13-18(27-29)23(32)26-19(15-5-2-1-3-6-15)14-28-12-4-7-21(28)30/h1-3,5-6,8-11,19-20H,4,7,12-14H2,(H2,25,31)(H,26,32). The van der Waals surface area contributed by atoms with Crippen molar-refractivity contribution in [2.24, 2.45) is 10.8 Å². The molecule has 2 aromatic rings. The van der Waals surface area contributed by atoms with Crippen LogP contribution in [0.4, 0.5) is 10.1 Å². The van der Waals surface area contributed by atoms with Crippen molar-refractivity contribution in [3.8, 4) is 0 Å². The fraction of sp³-hybridized carbons (Fsp3) is 0.304. The normalized spacial score (nSPS) is 19.1. The Bertz CT molecular complexity index is 1040. The van der Waals surface area contributed by atoms with Gasteiger partial charge in [-0.25, -0.2) is 4.39 Å². The Kier molecular flexibility index (Phi) is 6.16. The van der Waals surface area contributed by atoms with Gasteiger partial charge >= 0.3 is 0 Å². The number of rotatable bonds is 7. The molecule has 2 aliphatic rings. The highest BCUT2D eigenvalue weighted by Gasteiger charge is 2.36. The number of hydrogen-bond donors (Lipinski definition) is 2. The van der Waals surface area contributed by atoms with Crippen LogP contribution in [0.25, 0.3) is 0 Å². The molecule has 4 rings (SSSR count).